The Morgan fingerprint density at radius 3 is 2.56 bits per heavy atom. The maximum absolute atomic E-state index is 4.37. The first-order chi connectivity index (χ1) is 7.86. The second-order valence-electron chi connectivity index (χ2n) is 3.60. The predicted molar refractivity (Wildman–Crippen MR) is 69.2 cm³/mol. The molecule has 16 heavy (non-hydrogen) atoms. The zero-order valence-electron chi connectivity index (χ0n) is 8.44. The molecule has 0 spiro atoms. The summed E-state index contributed by atoms with van der Waals surface area (Å²) in [6.07, 6.45) is 0. The van der Waals surface area contributed by atoms with E-state index < -0.39 is 0 Å². The van der Waals surface area contributed by atoms with Crippen LogP contribution in [0.4, 0.5) is 0 Å². The third-order valence-electron chi connectivity index (χ3n) is 2.60. The Kier molecular flexibility index (Phi) is 2.26. The van der Waals surface area contributed by atoms with Crippen molar-refractivity contribution in [2.45, 2.75) is 0 Å². The smallest absolute Gasteiger partial charge is 0.101 e. The molecule has 0 bridgehead atoms. The number of aromatic nitrogens is 2. The van der Waals surface area contributed by atoms with Gasteiger partial charge in [0.1, 0.15) is 5.69 Å². The van der Waals surface area contributed by atoms with Crippen molar-refractivity contribution in [3.63, 3.8) is 0 Å². The normalized spacial score (nSPS) is 10.8. The maximum Gasteiger partial charge on any atom is 0.101 e. The monoisotopic (exact) mass is 272 g/mol. The lowest BCUT2D eigenvalue weighted by molar-refractivity contribution is 1.12. The molecule has 0 aliphatic rings. The number of para-hydroxylation sites is 1. The number of fused-ring (bicyclic) bond motifs is 1. The van der Waals surface area contributed by atoms with E-state index in [0.717, 1.165) is 26.6 Å². The van der Waals surface area contributed by atoms with Gasteiger partial charge < -0.3 is 0 Å². The van der Waals surface area contributed by atoms with Gasteiger partial charge in [0.2, 0.25) is 0 Å². The van der Waals surface area contributed by atoms with Crippen LogP contribution in [-0.4, -0.2) is 10.2 Å². The van der Waals surface area contributed by atoms with Crippen molar-refractivity contribution in [1.82, 2.24) is 10.2 Å². The average molecular weight is 273 g/mol. The molecule has 0 radical (unpaired) electrons. The Morgan fingerprint density at radius 1 is 0.938 bits per heavy atom. The lowest BCUT2D eigenvalue weighted by Crippen LogP contribution is -1.80. The molecular weight excluding hydrogens is 264 g/mol. The lowest BCUT2D eigenvalue weighted by Gasteiger charge is -2.00. The summed E-state index contributed by atoms with van der Waals surface area (Å²) in [7, 11) is 0. The SMILES string of the molecule is Brc1ccccc1-c1n[nH]c2ccccc12. The van der Waals surface area contributed by atoms with E-state index in [0.29, 0.717) is 0 Å². The van der Waals surface area contributed by atoms with Gasteiger partial charge in [-0.05, 0) is 12.1 Å². The van der Waals surface area contributed by atoms with Crippen molar-refractivity contribution < 1.29 is 0 Å². The van der Waals surface area contributed by atoms with Gasteiger partial charge >= 0.3 is 0 Å². The summed E-state index contributed by atoms with van der Waals surface area (Å²) in [5, 5.41) is 8.56. The molecule has 0 aliphatic heterocycles. The molecule has 0 atom stereocenters. The Balaban J connectivity index is 2.31. The minimum Gasteiger partial charge on any atom is -0.277 e. The van der Waals surface area contributed by atoms with Crippen LogP contribution in [0.5, 0.6) is 0 Å². The zero-order chi connectivity index (χ0) is 11.0. The van der Waals surface area contributed by atoms with E-state index >= 15 is 0 Å². The summed E-state index contributed by atoms with van der Waals surface area (Å²) >= 11 is 3.55. The Morgan fingerprint density at radius 2 is 1.69 bits per heavy atom. The number of halogens is 1. The topological polar surface area (TPSA) is 28.7 Å². The van der Waals surface area contributed by atoms with E-state index in [1.54, 1.807) is 0 Å². The summed E-state index contributed by atoms with van der Waals surface area (Å²) in [5.41, 5.74) is 3.16. The summed E-state index contributed by atoms with van der Waals surface area (Å²) < 4.78 is 1.06. The van der Waals surface area contributed by atoms with Crippen molar-refractivity contribution in [2.24, 2.45) is 0 Å². The standard InChI is InChI=1S/C13H9BrN2/c14-11-7-3-1-5-9(11)13-10-6-2-4-8-12(10)15-16-13/h1-8H,(H,15,16). The first-order valence-electron chi connectivity index (χ1n) is 5.04. The number of benzene rings is 2. The lowest BCUT2D eigenvalue weighted by atomic mass is 10.1. The van der Waals surface area contributed by atoms with Crippen LogP contribution < -0.4 is 0 Å². The Hall–Kier alpha value is -1.61. The van der Waals surface area contributed by atoms with Gasteiger partial charge in [-0.2, -0.15) is 5.10 Å². The second-order valence-corrected chi connectivity index (χ2v) is 4.45. The van der Waals surface area contributed by atoms with Crippen LogP contribution >= 0.6 is 15.9 Å². The van der Waals surface area contributed by atoms with E-state index in [9.17, 15) is 0 Å². The molecule has 0 fully saturated rings. The van der Waals surface area contributed by atoms with Gasteiger partial charge in [0.05, 0.1) is 5.52 Å². The van der Waals surface area contributed by atoms with Gasteiger partial charge in [-0.25, -0.2) is 0 Å². The van der Waals surface area contributed by atoms with Crippen molar-refractivity contribution >= 4 is 26.8 Å². The van der Waals surface area contributed by atoms with Crippen molar-refractivity contribution in [2.75, 3.05) is 0 Å². The number of nitrogens with one attached hydrogen (secondary N) is 1. The van der Waals surface area contributed by atoms with Gasteiger partial charge in [0, 0.05) is 15.4 Å². The molecule has 0 saturated carbocycles. The molecule has 1 N–H and O–H groups in total. The predicted octanol–water partition coefficient (Wildman–Crippen LogP) is 3.99. The van der Waals surface area contributed by atoms with Crippen LogP contribution in [0.2, 0.25) is 0 Å². The summed E-state index contributed by atoms with van der Waals surface area (Å²) in [6, 6.07) is 16.2. The molecule has 0 amide bonds. The number of hydrogen-bond donors (Lipinski definition) is 1. The van der Waals surface area contributed by atoms with Gasteiger partial charge in [-0.15, -0.1) is 0 Å². The maximum atomic E-state index is 4.37. The molecule has 78 valence electrons. The quantitative estimate of drug-likeness (QED) is 0.713. The van der Waals surface area contributed by atoms with E-state index in [1.807, 2.05) is 36.4 Å². The highest BCUT2D eigenvalue weighted by Gasteiger charge is 2.09. The highest BCUT2D eigenvalue weighted by molar-refractivity contribution is 9.10. The van der Waals surface area contributed by atoms with E-state index in [4.69, 9.17) is 0 Å². The van der Waals surface area contributed by atoms with Crippen molar-refractivity contribution in [3.05, 3.63) is 53.0 Å². The highest BCUT2D eigenvalue weighted by Crippen LogP contribution is 2.31. The number of H-pyrrole nitrogens is 1. The molecule has 2 nitrogen and oxygen atoms in total. The first kappa shape index (κ1) is 9.60. The fraction of sp³-hybridized carbons (Fsp3) is 0. The van der Waals surface area contributed by atoms with Gasteiger partial charge in [0.15, 0.2) is 0 Å². The van der Waals surface area contributed by atoms with E-state index in [2.05, 4.69) is 38.3 Å². The van der Waals surface area contributed by atoms with Gasteiger partial charge in [0.25, 0.3) is 0 Å². The van der Waals surface area contributed by atoms with Gasteiger partial charge in [-0.1, -0.05) is 52.3 Å². The third-order valence-corrected chi connectivity index (χ3v) is 3.29. The van der Waals surface area contributed by atoms with Gasteiger partial charge in [-0.3, -0.25) is 5.10 Å². The molecule has 0 aliphatic carbocycles. The third kappa shape index (κ3) is 1.44. The Labute approximate surface area is 101 Å². The minimum absolute atomic E-state index is 0.989. The molecule has 1 aromatic heterocycles. The molecule has 3 heteroatoms. The zero-order valence-corrected chi connectivity index (χ0v) is 10.0. The summed E-state index contributed by atoms with van der Waals surface area (Å²) in [4.78, 5) is 0. The first-order valence-corrected chi connectivity index (χ1v) is 5.83. The largest absolute Gasteiger partial charge is 0.277 e. The number of hydrogen-bond acceptors (Lipinski definition) is 1. The fourth-order valence-electron chi connectivity index (χ4n) is 1.82. The molecule has 3 aromatic rings. The summed E-state index contributed by atoms with van der Waals surface area (Å²) in [5.74, 6) is 0. The van der Waals surface area contributed by atoms with Crippen molar-refractivity contribution in [3.8, 4) is 11.3 Å². The summed E-state index contributed by atoms with van der Waals surface area (Å²) in [6.45, 7) is 0. The number of rotatable bonds is 1. The van der Waals surface area contributed by atoms with Crippen LogP contribution in [0.15, 0.2) is 53.0 Å². The second kappa shape index (κ2) is 3.76. The highest BCUT2D eigenvalue weighted by atomic mass is 79.9. The van der Waals surface area contributed by atoms with Crippen LogP contribution in [0.25, 0.3) is 22.2 Å². The van der Waals surface area contributed by atoms with E-state index in [1.165, 1.54) is 0 Å². The average Bonchev–Trinajstić information content (AvgIpc) is 2.74. The van der Waals surface area contributed by atoms with Crippen LogP contribution in [0.1, 0.15) is 0 Å². The fourth-order valence-corrected chi connectivity index (χ4v) is 2.29. The molecule has 0 unspecified atom stereocenters. The molecule has 2 aromatic carbocycles. The molecule has 1 heterocycles. The van der Waals surface area contributed by atoms with Crippen LogP contribution in [0, 0.1) is 0 Å². The van der Waals surface area contributed by atoms with Crippen molar-refractivity contribution in [1.29, 1.82) is 0 Å². The minimum atomic E-state index is 0.989. The molecular formula is C13H9BrN2. The number of aromatic amines is 1. The van der Waals surface area contributed by atoms with Crippen LogP contribution in [0.3, 0.4) is 0 Å². The number of nitrogens with zero attached hydrogens (tertiary/aromatic N) is 1. The Bertz CT molecular complexity index is 643. The van der Waals surface area contributed by atoms with E-state index in [-0.39, 0.29) is 0 Å². The molecule has 0 saturated heterocycles. The van der Waals surface area contributed by atoms with Crippen LogP contribution in [-0.2, 0) is 0 Å². The molecule has 3 rings (SSSR count).